The molecular weight excluding hydrogens is 160 g/mol. The van der Waals surface area contributed by atoms with E-state index in [1.807, 2.05) is 0 Å². The molecule has 0 atom stereocenters. The van der Waals surface area contributed by atoms with Gasteiger partial charge in [0.1, 0.15) is 0 Å². The first-order valence-corrected chi connectivity index (χ1v) is 3.38. The number of hydrogen-bond acceptors (Lipinski definition) is 4. The van der Waals surface area contributed by atoms with E-state index in [0.29, 0.717) is 6.61 Å². The fraction of sp³-hybridized carbons (Fsp3) is 0.375. The number of esters is 2. The Morgan fingerprint density at radius 1 is 1.33 bits per heavy atom. The molecule has 0 saturated heterocycles. The average molecular weight is 170 g/mol. The van der Waals surface area contributed by atoms with Crippen molar-refractivity contribution in [3.8, 4) is 0 Å². The van der Waals surface area contributed by atoms with Crippen molar-refractivity contribution in [2.75, 3.05) is 13.7 Å². The molecule has 0 aliphatic rings. The predicted molar refractivity (Wildman–Crippen MR) is 41.3 cm³/mol. The van der Waals surface area contributed by atoms with Gasteiger partial charge in [0.15, 0.2) is 0 Å². The Morgan fingerprint density at radius 3 is 2.42 bits per heavy atom. The van der Waals surface area contributed by atoms with E-state index in [4.69, 9.17) is 0 Å². The summed E-state index contributed by atoms with van der Waals surface area (Å²) in [6, 6.07) is 0. The lowest BCUT2D eigenvalue weighted by atomic mass is 10.5. The van der Waals surface area contributed by atoms with Gasteiger partial charge in [-0.1, -0.05) is 0 Å². The van der Waals surface area contributed by atoms with Crippen molar-refractivity contribution in [1.82, 2.24) is 0 Å². The van der Waals surface area contributed by atoms with Crippen molar-refractivity contribution < 1.29 is 19.1 Å². The quantitative estimate of drug-likeness (QED) is 0.350. The van der Waals surface area contributed by atoms with Gasteiger partial charge in [0.05, 0.1) is 25.9 Å². The topological polar surface area (TPSA) is 52.6 Å². The molecule has 12 heavy (non-hydrogen) atoms. The van der Waals surface area contributed by atoms with Gasteiger partial charge in [0, 0.05) is 0 Å². The van der Waals surface area contributed by atoms with Crippen LogP contribution in [0.1, 0.15) is 6.92 Å². The van der Waals surface area contributed by atoms with Crippen molar-refractivity contribution in [3.63, 3.8) is 0 Å². The van der Waals surface area contributed by atoms with Crippen LogP contribution in [0.4, 0.5) is 0 Å². The van der Waals surface area contributed by atoms with E-state index in [1.165, 1.54) is 7.11 Å². The van der Waals surface area contributed by atoms with Gasteiger partial charge in [0.25, 0.3) is 0 Å². The van der Waals surface area contributed by atoms with Gasteiger partial charge in [0.2, 0.25) is 0 Å². The fourth-order valence-electron chi connectivity index (χ4n) is 0.421. The summed E-state index contributed by atoms with van der Waals surface area (Å²) in [7, 11) is 1.24. The Bertz CT molecular complexity index is 223. The molecule has 0 heterocycles. The molecule has 0 bridgehead atoms. The molecule has 0 aromatic heterocycles. The number of ether oxygens (including phenoxy) is 2. The number of rotatable bonds is 3. The second kappa shape index (κ2) is 6.19. The Balaban J connectivity index is 3.96. The lowest BCUT2D eigenvalue weighted by molar-refractivity contribution is -0.137. The van der Waals surface area contributed by atoms with Crippen molar-refractivity contribution in [2.24, 2.45) is 0 Å². The molecule has 0 N–H and O–H groups in total. The van der Waals surface area contributed by atoms with E-state index in [9.17, 15) is 9.59 Å². The van der Waals surface area contributed by atoms with Crippen LogP contribution in [0.2, 0.25) is 0 Å². The molecule has 0 radical (unpaired) electrons. The van der Waals surface area contributed by atoms with Gasteiger partial charge in [-0.25, -0.2) is 9.59 Å². The van der Waals surface area contributed by atoms with Gasteiger partial charge < -0.3 is 9.47 Å². The van der Waals surface area contributed by atoms with Gasteiger partial charge in [-0.3, -0.25) is 0 Å². The highest BCUT2D eigenvalue weighted by Gasteiger charge is 1.91. The Morgan fingerprint density at radius 2 is 1.92 bits per heavy atom. The minimum absolute atomic E-state index is 0.301. The molecule has 0 rings (SSSR count). The fourth-order valence-corrected chi connectivity index (χ4v) is 0.421. The van der Waals surface area contributed by atoms with Crippen LogP contribution >= 0.6 is 0 Å². The zero-order valence-corrected chi connectivity index (χ0v) is 6.99. The Hall–Kier alpha value is -1.54. The minimum Gasteiger partial charge on any atom is -0.465 e. The normalized spacial score (nSPS) is 7.83. The summed E-state index contributed by atoms with van der Waals surface area (Å²) in [5.41, 5.74) is 2.32. The molecule has 0 aliphatic heterocycles. The first-order chi connectivity index (χ1) is 5.70. The summed E-state index contributed by atoms with van der Waals surface area (Å²) >= 11 is 0. The maximum absolute atomic E-state index is 10.6. The second-order valence-electron chi connectivity index (χ2n) is 1.73. The van der Waals surface area contributed by atoms with E-state index in [2.05, 4.69) is 15.2 Å². The van der Waals surface area contributed by atoms with Gasteiger partial charge in [-0.05, 0) is 6.92 Å². The molecule has 4 nitrogen and oxygen atoms in total. The third-order valence-corrected chi connectivity index (χ3v) is 0.890. The molecular formula is C8H10O4. The van der Waals surface area contributed by atoms with E-state index in [-0.39, 0.29) is 0 Å². The number of methoxy groups -OCH3 is 1. The first kappa shape index (κ1) is 10.5. The molecule has 4 heteroatoms. The minimum atomic E-state index is -0.560. The highest BCUT2D eigenvalue weighted by molar-refractivity contribution is 5.85. The van der Waals surface area contributed by atoms with E-state index < -0.39 is 11.9 Å². The second-order valence-corrected chi connectivity index (χ2v) is 1.73. The molecule has 0 spiro atoms. The summed E-state index contributed by atoms with van der Waals surface area (Å²) in [6.07, 6.45) is 2.04. The smallest absolute Gasteiger partial charge is 0.338 e. The van der Waals surface area contributed by atoms with Crippen LogP contribution < -0.4 is 0 Å². The third-order valence-electron chi connectivity index (χ3n) is 0.890. The van der Waals surface area contributed by atoms with Gasteiger partial charge in [-0.2, -0.15) is 0 Å². The monoisotopic (exact) mass is 170 g/mol. The van der Waals surface area contributed by atoms with Gasteiger partial charge in [-0.15, -0.1) is 5.73 Å². The standard InChI is InChI=1S/C8H10O4/c1-3-12-8(10)6-4-5-7(9)11-2/h5-6H,3H2,1-2H3. The van der Waals surface area contributed by atoms with Crippen molar-refractivity contribution in [1.29, 1.82) is 0 Å². The summed E-state index contributed by atoms with van der Waals surface area (Å²) in [4.78, 5) is 21.0. The van der Waals surface area contributed by atoms with Gasteiger partial charge >= 0.3 is 11.9 Å². The summed E-state index contributed by atoms with van der Waals surface area (Å²) in [5.74, 6) is -1.09. The summed E-state index contributed by atoms with van der Waals surface area (Å²) < 4.78 is 8.79. The summed E-state index contributed by atoms with van der Waals surface area (Å²) in [6.45, 7) is 1.99. The van der Waals surface area contributed by atoms with Crippen LogP contribution in [0.5, 0.6) is 0 Å². The lowest BCUT2D eigenvalue weighted by Crippen LogP contribution is -1.98. The Kier molecular flexibility index (Phi) is 5.39. The number of hydrogen-bond donors (Lipinski definition) is 0. The molecule has 66 valence electrons. The van der Waals surface area contributed by atoms with Crippen LogP contribution in [0.25, 0.3) is 0 Å². The summed E-state index contributed by atoms with van der Waals surface area (Å²) in [5, 5.41) is 0. The van der Waals surface area contributed by atoms with Crippen molar-refractivity contribution >= 4 is 11.9 Å². The van der Waals surface area contributed by atoms with Crippen molar-refractivity contribution in [2.45, 2.75) is 6.92 Å². The molecule has 0 aromatic carbocycles. The molecule has 0 aromatic rings. The van der Waals surface area contributed by atoms with E-state index >= 15 is 0 Å². The van der Waals surface area contributed by atoms with E-state index in [0.717, 1.165) is 12.2 Å². The molecule has 0 unspecified atom stereocenters. The van der Waals surface area contributed by atoms with Crippen LogP contribution in [-0.2, 0) is 19.1 Å². The maximum Gasteiger partial charge on any atom is 0.338 e. The zero-order valence-electron chi connectivity index (χ0n) is 6.99. The van der Waals surface area contributed by atoms with Crippen LogP contribution in [-0.4, -0.2) is 25.7 Å². The van der Waals surface area contributed by atoms with Crippen LogP contribution in [0.3, 0.4) is 0 Å². The zero-order chi connectivity index (χ0) is 9.40. The number of carbonyl (C=O) groups excluding carboxylic acids is 2. The highest BCUT2D eigenvalue weighted by Crippen LogP contribution is 1.79. The molecule has 0 aliphatic carbocycles. The predicted octanol–water partition coefficient (Wildman–Crippen LogP) is 0.434. The molecule has 0 amide bonds. The van der Waals surface area contributed by atoms with Crippen LogP contribution in [0.15, 0.2) is 17.9 Å². The van der Waals surface area contributed by atoms with Crippen molar-refractivity contribution in [3.05, 3.63) is 17.9 Å². The Labute approximate surface area is 70.5 Å². The first-order valence-electron chi connectivity index (χ1n) is 3.38. The largest absolute Gasteiger partial charge is 0.465 e. The molecule has 0 saturated carbocycles. The van der Waals surface area contributed by atoms with Crippen LogP contribution in [0, 0.1) is 0 Å². The SMILES string of the molecule is CCOC(=O)C=C=CC(=O)OC. The third kappa shape index (κ3) is 5.26. The molecule has 0 fully saturated rings. The highest BCUT2D eigenvalue weighted by atomic mass is 16.5. The average Bonchev–Trinajstić information content (AvgIpc) is 2.04. The van der Waals surface area contributed by atoms with E-state index in [1.54, 1.807) is 6.92 Å². The number of carbonyl (C=O) groups is 2. The lowest BCUT2D eigenvalue weighted by Gasteiger charge is -1.91. The maximum atomic E-state index is 10.6.